The molecule has 0 bridgehead atoms. The van der Waals surface area contributed by atoms with Crippen molar-refractivity contribution >= 4 is 11.9 Å². The van der Waals surface area contributed by atoms with Crippen molar-refractivity contribution in [1.82, 2.24) is 4.90 Å². The van der Waals surface area contributed by atoms with Gasteiger partial charge in [0, 0.05) is 13.0 Å². The quantitative estimate of drug-likeness (QED) is 0.906. The Labute approximate surface area is 125 Å². The molecule has 114 valence electrons. The van der Waals surface area contributed by atoms with Gasteiger partial charge in [0.25, 0.3) is 0 Å². The summed E-state index contributed by atoms with van der Waals surface area (Å²) in [5, 5.41) is 9.56. The molecule has 1 heterocycles. The van der Waals surface area contributed by atoms with E-state index < -0.39 is 12.0 Å². The first-order valence-corrected chi connectivity index (χ1v) is 7.68. The van der Waals surface area contributed by atoms with Gasteiger partial charge in [-0.2, -0.15) is 0 Å². The summed E-state index contributed by atoms with van der Waals surface area (Å²) in [5.74, 6) is -0.644. The Morgan fingerprint density at radius 3 is 2.57 bits per heavy atom. The molecule has 0 fully saturated rings. The summed E-state index contributed by atoms with van der Waals surface area (Å²) in [6.07, 6.45) is 3.07. The summed E-state index contributed by atoms with van der Waals surface area (Å²) in [5.41, 5.74) is 1.80. The zero-order valence-electron chi connectivity index (χ0n) is 12.7. The van der Waals surface area contributed by atoms with Gasteiger partial charge in [-0.15, -0.1) is 0 Å². The number of benzene rings is 1. The van der Waals surface area contributed by atoms with Crippen molar-refractivity contribution in [2.24, 2.45) is 5.92 Å². The number of hydrogen-bond acceptors (Lipinski definition) is 2. The van der Waals surface area contributed by atoms with Gasteiger partial charge in [0.15, 0.2) is 6.04 Å². The van der Waals surface area contributed by atoms with E-state index in [2.05, 4.69) is 13.8 Å². The molecule has 0 aliphatic carbocycles. The van der Waals surface area contributed by atoms with Gasteiger partial charge in [-0.3, -0.25) is 4.79 Å². The molecular formula is C17H23NO3. The fourth-order valence-corrected chi connectivity index (χ4v) is 3.04. The van der Waals surface area contributed by atoms with Crippen LogP contribution in [0.3, 0.4) is 0 Å². The normalized spacial score (nSPS) is 17.7. The van der Waals surface area contributed by atoms with E-state index in [1.54, 1.807) is 4.90 Å². The summed E-state index contributed by atoms with van der Waals surface area (Å²) >= 11 is 0. The van der Waals surface area contributed by atoms with Crippen LogP contribution in [0.4, 0.5) is 0 Å². The first-order chi connectivity index (χ1) is 10.1. The van der Waals surface area contributed by atoms with Crippen molar-refractivity contribution in [3.05, 3.63) is 35.4 Å². The highest BCUT2D eigenvalue weighted by Crippen LogP contribution is 2.31. The van der Waals surface area contributed by atoms with Crippen molar-refractivity contribution in [3.63, 3.8) is 0 Å². The van der Waals surface area contributed by atoms with Gasteiger partial charge in [-0.25, -0.2) is 4.79 Å². The van der Waals surface area contributed by atoms with Crippen molar-refractivity contribution in [3.8, 4) is 0 Å². The van der Waals surface area contributed by atoms with Crippen LogP contribution in [0.15, 0.2) is 24.3 Å². The third-order valence-corrected chi connectivity index (χ3v) is 4.46. The summed E-state index contributed by atoms with van der Waals surface area (Å²) in [4.78, 5) is 25.7. The van der Waals surface area contributed by atoms with Gasteiger partial charge in [0.2, 0.25) is 5.91 Å². The van der Waals surface area contributed by atoms with Crippen LogP contribution in [0, 0.1) is 5.92 Å². The maximum absolute atomic E-state index is 12.5. The molecule has 0 aromatic heterocycles. The average molecular weight is 289 g/mol. The highest BCUT2D eigenvalue weighted by atomic mass is 16.4. The molecule has 2 rings (SSSR count). The second-order valence-corrected chi connectivity index (χ2v) is 5.66. The van der Waals surface area contributed by atoms with Crippen molar-refractivity contribution in [2.45, 2.75) is 45.6 Å². The number of nitrogens with zero attached hydrogens (tertiary/aromatic N) is 1. The lowest BCUT2D eigenvalue weighted by Gasteiger charge is -2.35. The minimum absolute atomic E-state index is 0.0365. The molecule has 1 aromatic rings. The fourth-order valence-electron chi connectivity index (χ4n) is 3.04. The topological polar surface area (TPSA) is 57.6 Å². The number of aliphatic carboxylic acids is 1. The fraction of sp³-hybridized carbons (Fsp3) is 0.529. The first kappa shape index (κ1) is 15.5. The van der Waals surface area contributed by atoms with Crippen molar-refractivity contribution in [2.75, 3.05) is 6.54 Å². The second-order valence-electron chi connectivity index (χ2n) is 5.66. The third-order valence-electron chi connectivity index (χ3n) is 4.46. The molecular weight excluding hydrogens is 266 g/mol. The van der Waals surface area contributed by atoms with Gasteiger partial charge >= 0.3 is 5.97 Å². The lowest BCUT2D eigenvalue weighted by molar-refractivity contribution is -0.151. The van der Waals surface area contributed by atoms with Crippen molar-refractivity contribution < 1.29 is 14.7 Å². The molecule has 21 heavy (non-hydrogen) atoms. The lowest BCUT2D eigenvalue weighted by Crippen LogP contribution is -2.44. The molecule has 0 radical (unpaired) electrons. The van der Waals surface area contributed by atoms with E-state index in [-0.39, 0.29) is 5.91 Å². The molecule has 1 unspecified atom stereocenters. The molecule has 4 nitrogen and oxygen atoms in total. The second kappa shape index (κ2) is 6.74. The molecule has 0 saturated carbocycles. The minimum Gasteiger partial charge on any atom is -0.479 e. The predicted molar refractivity (Wildman–Crippen MR) is 80.9 cm³/mol. The SMILES string of the molecule is CCC(CC)CC(=O)N1CCc2ccccc2C1C(=O)O. The van der Waals surface area contributed by atoms with Crippen LogP contribution in [0.1, 0.15) is 50.3 Å². The maximum Gasteiger partial charge on any atom is 0.331 e. The Balaban J connectivity index is 2.24. The number of amides is 1. The van der Waals surface area contributed by atoms with E-state index in [9.17, 15) is 14.7 Å². The van der Waals surface area contributed by atoms with Crippen LogP contribution in [0.2, 0.25) is 0 Å². The van der Waals surface area contributed by atoms with Gasteiger partial charge in [0.05, 0.1) is 0 Å². The van der Waals surface area contributed by atoms with Crippen LogP contribution >= 0.6 is 0 Å². The third kappa shape index (κ3) is 3.26. The molecule has 1 amide bonds. The van der Waals surface area contributed by atoms with Crippen LogP contribution < -0.4 is 0 Å². The smallest absolute Gasteiger partial charge is 0.331 e. The van der Waals surface area contributed by atoms with E-state index in [0.717, 1.165) is 30.4 Å². The number of carboxylic acid groups (broad SMARTS) is 1. The molecule has 1 N–H and O–H groups in total. The van der Waals surface area contributed by atoms with E-state index >= 15 is 0 Å². The van der Waals surface area contributed by atoms with Gasteiger partial charge < -0.3 is 10.0 Å². The zero-order chi connectivity index (χ0) is 15.4. The van der Waals surface area contributed by atoms with Crippen LogP contribution in [-0.2, 0) is 16.0 Å². The Hall–Kier alpha value is -1.84. The summed E-state index contributed by atoms with van der Waals surface area (Å²) in [7, 11) is 0. The molecule has 1 aromatic carbocycles. The number of rotatable bonds is 5. The number of carboxylic acids is 1. The molecule has 0 saturated heterocycles. The van der Waals surface area contributed by atoms with E-state index in [1.165, 1.54) is 0 Å². The highest BCUT2D eigenvalue weighted by Gasteiger charge is 2.35. The summed E-state index contributed by atoms with van der Waals surface area (Å²) in [6.45, 7) is 4.64. The standard InChI is InChI=1S/C17H23NO3/c1-3-12(4-2)11-15(19)18-10-9-13-7-5-6-8-14(13)16(18)17(20)21/h5-8,12,16H,3-4,9-11H2,1-2H3,(H,20,21). The molecule has 0 spiro atoms. The Kier molecular flexibility index (Phi) is 4.99. The molecule has 1 aliphatic heterocycles. The minimum atomic E-state index is -0.944. The van der Waals surface area contributed by atoms with Crippen LogP contribution in [0.25, 0.3) is 0 Å². The predicted octanol–water partition coefficient (Wildman–Crippen LogP) is 3.02. The van der Waals surface area contributed by atoms with Gasteiger partial charge in [-0.05, 0) is 23.5 Å². The van der Waals surface area contributed by atoms with Crippen LogP contribution in [-0.4, -0.2) is 28.4 Å². The van der Waals surface area contributed by atoms with Gasteiger partial charge in [0.1, 0.15) is 0 Å². The van der Waals surface area contributed by atoms with Crippen molar-refractivity contribution in [1.29, 1.82) is 0 Å². The molecule has 1 atom stereocenters. The van der Waals surface area contributed by atoms with Crippen LogP contribution in [0.5, 0.6) is 0 Å². The molecule has 4 heteroatoms. The average Bonchev–Trinajstić information content (AvgIpc) is 2.50. The highest BCUT2D eigenvalue weighted by molar-refractivity contribution is 5.85. The monoisotopic (exact) mass is 289 g/mol. The zero-order valence-corrected chi connectivity index (χ0v) is 12.7. The number of carbonyl (C=O) groups is 2. The summed E-state index contributed by atoms with van der Waals surface area (Å²) < 4.78 is 0. The van der Waals surface area contributed by atoms with E-state index in [1.807, 2.05) is 24.3 Å². The largest absolute Gasteiger partial charge is 0.479 e. The van der Waals surface area contributed by atoms with Gasteiger partial charge in [-0.1, -0.05) is 51.0 Å². The van der Waals surface area contributed by atoms with E-state index in [0.29, 0.717) is 18.9 Å². The number of fused-ring (bicyclic) bond motifs is 1. The van der Waals surface area contributed by atoms with E-state index in [4.69, 9.17) is 0 Å². The Morgan fingerprint density at radius 1 is 1.29 bits per heavy atom. The maximum atomic E-state index is 12.5. The lowest BCUT2D eigenvalue weighted by atomic mass is 9.91. The Bertz CT molecular complexity index is 523. The summed E-state index contributed by atoms with van der Waals surface area (Å²) in [6, 6.07) is 6.69. The molecule has 1 aliphatic rings. The number of hydrogen-bond donors (Lipinski definition) is 1. The Morgan fingerprint density at radius 2 is 1.95 bits per heavy atom. The first-order valence-electron chi connectivity index (χ1n) is 7.68. The number of carbonyl (C=O) groups excluding carboxylic acids is 1.